The normalized spacial score (nSPS) is 10.6. The van der Waals surface area contributed by atoms with E-state index in [-0.39, 0.29) is 17.8 Å². The number of amides is 1. The number of phenols is 1. The van der Waals surface area contributed by atoms with Crippen LogP contribution in [0.2, 0.25) is 0 Å². The largest absolute Gasteiger partial charge is 0.506 e. The van der Waals surface area contributed by atoms with E-state index in [1.807, 2.05) is 26.8 Å². The van der Waals surface area contributed by atoms with Gasteiger partial charge in [-0.1, -0.05) is 22.0 Å². The molecule has 0 heterocycles. The number of carbonyl (C=O) groups is 1. The molecule has 0 saturated heterocycles. The Morgan fingerprint density at radius 3 is 2.59 bits per heavy atom. The number of hydrogen-bond acceptors (Lipinski definition) is 3. The van der Waals surface area contributed by atoms with Crippen LogP contribution in [0, 0.1) is 6.92 Å². The number of phenolic OH excluding ortho intramolecular Hbond substituents is 1. The lowest BCUT2D eigenvalue weighted by molar-refractivity contribution is 0.102. The molecule has 5 heteroatoms. The molecule has 2 aromatic carbocycles. The summed E-state index contributed by atoms with van der Waals surface area (Å²) in [5, 5.41) is 12.6. The Balaban J connectivity index is 2.29. The highest BCUT2D eigenvalue weighted by Gasteiger charge is 2.15. The van der Waals surface area contributed by atoms with Crippen molar-refractivity contribution in [2.75, 3.05) is 5.32 Å². The molecule has 0 spiro atoms. The number of aromatic hydroxyl groups is 1. The molecule has 1 amide bonds. The molecular weight excluding hydrogens is 346 g/mol. The Morgan fingerprint density at radius 1 is 1.23 bits per heavy atom. The molecule has 0 bridgehead atoms. The van der Waals surface area contributed by atoms with E-state index in [1.165, 1.54) is 0 Å². The molecule has 0 aromatic heterocycles. The van der Waals surface area contributed by atoms with Gasteiger partial charge in [-0.25, -0.2) is 0 Å². The summed E-state index contributed by atoms with van der Waals surface area (Å²) in [7, 11) is 0. The first kappa shape index (κ1) is 16.4. The van der Waals surface area contributed by atoms with Gasteiger partial charge >= 0.3 is 0 Å². The molecule has 0 unspecified atom stereocenters. The molecule has 0 fully saturated rings. The number of hydrogen-bond donors (Lipinski definition) is 2. The van der Waals surface area contributed by atoms with Crippen LogP contribution in [0.4, 0.5) is 5.69 Å². The van der Waals surface area contributed by atoms with Gasteiger partial charge in [-0.2, -0.15) is 0 Å². The fourth-order valence-corrected chi connectivity index (χ4v) is 2.31. The highest BCUT2D eigenvalue weighted by Crippen LogP contribution is 2.28. The average molecular weight is 364 g/mol. The number of anilines is 1. The number of ether oxygens (including phenoxy) is 1. The first-order chi connectivity index (χ1) is 10.4. The molecule has 0 radical (unpaired) electrons. The van der Waals surface area contributed by atoms with E-state index in [0.717, 1.165) is 10.0 Å². The van der Waals surface area contributed by atoms with Crippen molar-refractivity contribution in [3.8, 4) is 11.5 Å². The second-order valence-corrected chi connectivity index (χ2v) is 6.20. The average Bonchev–Trinajstić information content (AvgIpc) is 2.41. The number of benzene rings is 2. The third-order valence-corrected chi connectivity index (χ3v) is 3.45. The molecule has 0 saturated carbocycles. The SMILES string of the molecule is Cc1ccc(NC(=O)c2ccc(Br)cc2OC(C)C)c(O)c1. The number of rotatable bonds is 4. The second kappa shape index (κ2) is 6.83. The zero-order valence-electron chi connectivity index (χ0n) is 12.7. The van der Waals surface area contributed by atoms with E-state index in [2.05, 4.69) is 21.2 Å². The summed E-state index contributed by atoms with van der Waals surface area (Å²) in [5.41, 5.74) is 1.70. The number of halogens is 1. The molecule has 0 aliphatic carbocycles. The molecule has 2 aromatic rings. The van der Waals surface area contributed by atoms with Crippen molar-refractivity contribution < 1.29 is 14.6 Å². The summed E-state index contributed by atoms with van der Waals surface area (Å²) < 4.78 is 6.51. The summed E-state index contributed by atoms with van der Waals surface area (Å²) in [6.45, 7) is 5.66. The summed E-state index contributed by atoms with van der Waals surface area (Å²) in [5.74, 6) is 0.201. The Hall–Kier alpha value is -2.01. The minimum Gasteiger partial charge on any atom is -0.506 e. The number of aryl methyl sites for hydroxylation is 1. The second-order valence-electron chi connectivity index (χ2n) is 5.28. The van der Waals surface area contributed by atoms with Crippen LogP contribution in [0.1, 0.15) is 29.8 Å². The third-order valence-electron chi connectivity index (χ3n) is 2.95. The van der Waals surface area contributed by atoms with E-state index in [0.29, 0.717) is 17.0 Å². The summed E-state index contributed by atoms with van der Waals surface area (Å²) in [6, 6.07) is 10.3. The molecule has 116 valence electrons. The molecule has 2 rings (SSSR count). The molecule has 0 aliphatic heterocycles. The lowest BCUT2D eigenvalue weighted by Gasteiger charge is -2.15. The molecular formula is C17H18BrNO3. The fourth-order valence-electron chi connectivity index (χ4n) is 1.97. The third kappa shape index (κ3) is 4.01. The van der Waals surface area contributed by atoms with Gasteiger partial charge in [-0.05, 0) is 56.7 Å². The fraction of sp³-hybridized carbons (Fsp3) is 0.235. The maximum Gasteiger partial charge on any atom is 0.259 e. The van der Waals surface area contributed by atoms with E-state index in [9.17, 15) is 9.90 Å². The van der Waals surface area contributed by atoms with E-state index >= 15 is 0 Å². The van der Waals surface area contributed by atoms with Gasteiger partial charge in [0.1, 0.15) is 11.5 Å². The van der Waals surface area contributed by atoms with Crippen molar-refractivity contribution in [1.29, 1.82) is 0 Å². The Morgan fingerprint density at radius 2 is 1.95 bits per heavy atom. The van der Waals surface area contributed by atoms with Crippen molar-refractivity contribution in [1.82, 2.24) is 0 Å². The van der Waals surface area contributed by atoms with Crippen LogP contribution in [-0.2, 0) is 0 Å². The first-order valence-corrected chi connectivity index (χ1v) is 7.73. The van der Waals surface area contributed by atoms with Crippen molar-refractivity contribution in [3.63, 3.8) is 0 Å². The predicted molar refractivity (Wildman–Crippen MR) is 90.7 cm³/mol. The van der Waals surface area contributed by atoms with Gasteiger partial charge in [0.2, 0.25) is 0 Å². The highest BCUT2D eigenvalue weighted by molar-refractivity contribution is 9.10. The predicted octanol–water partition coefficient (Wildman–Crippen LogP) is 4.50. The van der Waals surface area contributed by atoms with Crippen LogP contribution in [0.5, 0.6) is 11.5 Å². The number of carbonyl (C=O) groups excluding carboxylic acids is 1. The van der Waals surface area contributed by atoms with Gasteiger partial charge in [0.15, 0.2) is 0 Å². The lowest BCUT2D eigenvalue weighted by Crippen LogP contribution is -2.16. The molecule has 4 nitrogen and oxygen atoms in total. The van der Waals surface area contributed by atoms with Crippen LogP contribution < -0.4 is 10.1 Å². The van der Waals surface area contributed by atoms with Crippen LogP contribution in [0.3, 0.4) is 0 Å². The number of nitrogens with one attached hydrogen (secondary N) is 1. The summed E-state index contributed by atoms with van der Waals surface area (Å²) >= 11 is 3.37. The topological polar surface area (TPSA) is 58.6 Å². The van der Waals surface area contributed by atoms with E-state index in [4.69, 9.17) is 4.74 Å². The van der Waals surface area contributed by atoms with Crippen LogP contribution >= 0.6 is 15.9 Å². The minimum absolute atomic E-state index is 0.0387. The van der Waals surface area contributed by atoms with Crippen LogP contribution in [0.25, 0.3) is 0 Å². The van der Waals surface area contributed by atoms with Gasteiger partial charge < -0.3 is 15.2 Å². The maximum atomic E-state index is 12.4. The van der Waals surface area contributed by atoms with E-state index < -0.39 is 0 Å². The van der Waals surface area contributed by atoms with Gasteiger partial charge in [0, 0.05) is 4.47 Å². The molecule has 22 heavy (non-hydrogen) atoms. The van der Waals surface area contributed by atoms with Crippen molar-refractivity contribution >= 4 is 27.5 Å². The smallest absolute Gasteiger partial charge is 0.259 e. The maximum absolute atomic E-state index is 12.4. The Kier molecular flexibility index (Phi) is 5.08. The van der Waals surface area contributed by atoms with Gasteiger partial charge in [-0.3, -0.25) is 4.79 Å². The molecule has 0 atom stereocenters. The molecule has 0 aliphatic rings. The minimum atomic E-state index is -0.331. The van der Waals surface area contributed by atoms with Gasteiger partial charge in [0.05, 0.1) is 17.4 Å². The lowest BCUT2D eigenvalue weighted by atomic mass is 10.1. The van der Waals surface area contributed by atoms with Gasteiger partial charge in [0.25, 0.3) is 5.91 Å². The summed E-state index contributed by atoms with van der Waals surface area (Å²) in [4.78, 5) is 12.4. The summed E-state index contributed by atoms with van der Waals surface area (Å²) in [6.07, 6.45) is -0.0476. The quantitative estimate of drug-likeness (QED) is 0.786. The first-order valence-electron chi connectivity index (χ1n) is 6.94. The Labute approximate surface area is 138 Å². The standard InChI is InChI=1S/C17H18BrNO3/c1-10(2)22-16-9-12(18)5-6-13(16)17(21)19-14-7-4-11(3)8-15(14)20/h4-10,20H,1-3H3,(H,19,21). The van der Waals surface area contributed by atoms with Crippen LogP contribution in [0.15, 0.2) is 40.9 Å². The van der Waals surface area contributed by atoms with Crippen molar-refractivity contribution in [3.05, 3.63) is 52.0 Å². The zero-order chi connectivity index (χ0) is 16.3. The highest BCUT2D eigenvalue weighted by atomic mass is 79.9. The van der Waals surface area contributed by atoms with Crippen molar-refractivity contribution in [2.45, 2.75) is 26.9 Å². The zero-order valence-corrected chi connectivity index (χ0v) is 14.3. The van der Waals surface area contributed by atoms with E-state index in [1.54, 1.807) is 30.3 Å². The van der Waals surface area contributed by atoms with Crippen molar-refractivity contribution in [2.24, 2.45) is 0 Å². The van der Waals surface area contributed by atoms with Gasteiger partial charge in [-0.15, -0.1) is 0 Å². The van der Waals surface area contributed by atoms with Crippen LogP contribution in [-0.4, -0.2) is 17.1 Å². The monoisotopic (exact) mass is 363 g/mol. The molecule has 2 N–H and O–H groups in total. The Bertz CT molecular complexity index is 698.